The maximum absolute atomic E-state index is 12.8. The number of nitrogens with one attached hydrogen (secondary N) is 2. The van der Waals surface area contributed by atoms with Gasteiger partial charge in [-0.05, 0) is 19.4 Å². The molecule has 4 rings (SSSR count). The standard InChI is InChI=1S/C20H22N6O3/c1-13(26-19(29)15-6-3-2-5-14(15)12-22-26)16-11-17(27)24-20(23-16)21-8-10-25-9-4-7-18(25)28/h2-3,5-6,11-13H,4,7-10H2,1H3,(H2,21,23,24,27)/t13-/m0/s1. The van der Waals surface area contributed by atoms with Crippen molar-refractivity contribution in [3.05, 3.63) is 62.9 Å². The lowest BCUT2D eigenvalue weighted by Crippen LogP contribution is -2.31. The average molecular weight is 394 g/mol. The molecule has 0 aliphatic carbocycles. The zero-order valence-electron chi connectivity index (χ0n) is 16.1. The van der Waals surface area contributed by atoms with Gasteiger partial charge in [-0.25, -0.2) is 9.67 Å². The Bertz CT molecular complexity index is 1170. The molecule has 0 radical (unpaired) electrons. The first-order valence-corrected chi connectivity index (χ1v) is 9.62. The third-order valence-electron chi connectivity index (χ3n) is 5.12. The first kappa shape index (κ1) is 18.9. The number of benzene rings is 1. The van der Waals surface area contributed by atoms with Gasteiger partial charge < -0.3 is 10.2 Å². The molecule has 150 valence electrons. The molecule has 1 aromatic carbocycles. The fourth-order valence-corrected chi connectivity index (χ4v) is 3.53. The number of anilines is 1. The van der Waals surface area contributed by atoms with Gasteiger partial charge >= 0.3 is 0 Å². The molecule has 1 aliphatic rings. The number of rotatable bonds is 6. The molecule has 0 bridgehead atoms. The number of aromatic amines is 1. The van der Waals surface area contributed by atoms with Crippen molar-refractivity contribution in [3.8, 4) is 0 Å². The fourth-order valence-electron chi connectivity index (χ4n) is 3.53. The lowest BCUT2D eigenvalue weighted by molar-refractivity contribution is -0.127. The first-order valence-electron chi connectivity index (χ1n) is 9.62. The second kappa shape index (κ2) is 7.86. The molecule has 0 unspecified atom stereocenters. The Hall–Kier alpha value is -3.49. The fraction of sp³-hybridized carbons (Fsp3) is 0.350. The van der Waals surface area contributed by atoms with Crippen LogP contribution >= 0.6 is 0 Å². The van der Waals surface area contributed by atoms with Gasteiger partial charge in [0, 0.05) is 37.5 Å². The highest BCUT2D eigenvalue weighted by Gasteiger charge is 2.19. The second-order valence-electron chi connectivity index (χ2n) is 7.09. The summed E-state index contributed by atoms with van der Waals surface area (Å²) in [7, 11) is 0. The van der Waals surface area contributed by atoms with Crippen molar-refractivity contribution in [2.45, 2.75) is 25.8 Å². The Morgan fingerprint density at radius 2 is 2.07 bits per heavy atom. The van der Waals surface area contributed by atoms with Crippen LogP contribution in [0.3, 0.4) is 0 Å². The molecule has 9 nitrogen and oxygen atoms in total. The number of H-pyrrole nitrogens is 1. The molecule has 2 N–H and O–H groups in total. The van der Waals surface area contributed by atoms with Crippen molar-refractivity contribution in [2.75, 3.05) is 25.0 Å². The van der Waals surface area contributed by atoms with Crippen molar-refractivity contribution < 1.29 is 4.79 Å². The van der Waals surface area contributed by atoms with Gasteiger partial charge in [-0.15, -0.1) is 0 Å². The number of nitrogens with zero attached hydrogens (tertiary/aromatic N) is 4. The Balaban J connectivity index is 1.55. The molecular formula is C20H22N6O3. The van der Waals surface area contributed by atoms with Crippen molar-refractivity contribution in [1.29, 1.82) is 0 Å². The molecule has 3 aromatic rings. The summed E-state index contributed by atoms with van der Waals surface area (Å²) in [6, 6.07) is 8.08. The van der Waals surface area contributed by atoms with E-state index in [4.69, 9.17) is 0 Å². The third-order valence-corrected chi connectivity index (χ3v) is 5.12. The summed E-state index contributed by atoms with van der Waals surface area (Å²) in [6.45, 7) is 3.56. The summed E-state index contributed by atoms with van der Waals surface area (Å²) in [5.74, 6) is 0.456. The summed E-state index contributed by atoms with van der Waals surface area (Å²) >= 11 is 0. The van der Waals surface area contributed by atoms with Gasteiger partial charge in [0.1, 0.15) is 0 Å². The van der Waals surface area contributed by atoms with E-state index >= 15 is 0 Å². The van der Waals surface area contributed by atoms with Crippen molar-refractivity contribution in [3.63, 3.8) is 0 Å². The monoisotopic (exact) mass is 394 g/mol. The molecule has 0 spiro atoms. The molecule has 9 heteroatoms. The van der Waals surface area contributed by atoms with Crippen LogP contribution in [0.1, 0.15) is 31.5 Å². The maximum atomic E-state index is 12.8. The second-order valence-corrected chi connectivity index (χ2v) is 7.09. The summed E-state index contributed by atoms with van der Waals surface area (Å²) in [6.07, 6.45) is 3.11. The van der Waals surface area contributed by atoms with Crippen LogP contribution in [0.4, 0.5) is 5.95 Å². The third kappa shape index (κ3) is 3.89. The predicted octanol–water partition coefficient (Wildman–Crippen LogP) is 1.12. The normalized spacial score (nSPS) is 15.1. The molecule has 1 saturated heterocycles. The zero-order chi connectivity index (χ0) is 20.4. The number of likely N-dealkylation sites (tertiary alicyclic amines) is 1. The molecule has 29 heavy (non-hydrogen) atoms. The number of hydrogen-bond donors (Lipinski definition) is 2. The van der Waals surface area contributed by atoms with E-state index in [9.17, 15) is 14.4 Å². The van der Waals surface area contributed by atoms with Crippen LogP contribution in [-0.4, -0.2) is 50.2 Å². The van der Waals surface area contributed by atoms with Gasteiger partial charge in [-0.2, -0.15) is 5.10 Å². The van der Waals surface area contributed by atoms with Gasteiger partial charge in [-0.1, -0.05) is 18.2 Å². The SMILES string of the molecule is C[C@@H](c1cc(=O)[nH]c(NCCN2CCCC2=O)n1)n1ncc2ccccc2c1=O. The van der Waals surface area contributed by atoms with Crippen LogP contribution in [0.15, 0.2) is 46.1 Å². The topological polar surface area (TPSA) is 113 Å². The molecule has 2 aromatic heterocycles. The average Bonchev–Trinajstić information content (AvgIpc) is 3.12. The molecule has 1 aliphatic heterocycles. The number of carbonyl (C=O) groups excluding carboxylic acids is 1. The van der Waals surface area contributed by atoms with Crippen molar-refractivity contribution in [2.24, 2.45) is 0 Å². The van der Waals surface area contributed by atoms with Gasteiger partial charge in [-0.3, -0.25) is 19.4 Å². The summed E-state index contributed by atoms with van der Waals surface area (Å²) in [5, 5.41) is 8.63. The van der Waals surface area contributed by atoms with Crippen LogP contribution < -0.4 is 16.4 Å². The highest BCUT2D eigenvalue weighted by molar-refractivity contribution is 5.80. The Labute approximate surface area is 166 Å². The highest BCUT2D eigenvalue weighted by Crippen LogP contribution is 2.15. The van der Waals surface area contributed by atoms with Crippen LogP contribution in [0.2, 0.25) is 0 Å². The minimum absolute atomic E-state index is 0.150. The Morgan fingerprint density at radius 3 is 2.86 bits per heavy atom. The van der Waals surface area contributed by atoms with E-state index in [-0.39, 0.29) is 17.0 Å². The Kier molecular flexibility index (Phi) is 5.11. The summed E-state index contributed by atoms with van der Waals surface area (Å²) < 4.78 is 1.33. The van der Waals surface area contributed by atoms with Gasteiger partial charge in [0.15, 0.2) is 0 Å². The molecular weight excluding hydrogens is 372 g/mol. The van der Waals surface area contributed by atoms with E-state index in [0.717, 1.165) is 18.4 Å². The molecule has 1 fully saturated rings. The quantitative estimate of drug-likeness (QED) is 0.648. The first-order chi connectivity index (χ1) is 14.0. The largest absolute Gasteiger partial charge is 0.354 e. The van der Waals surface area contributed by atoms with Crippen LogP contribution in [0, 0.1) is 0 Å². The highest BCUT2D eigenvalue weighted by atomic mass is 16.2. The van der Waals surface area contributed by atoms with Crippen molar-refractivity contribution >= 4 is 22.6 Å². The minimum Gasteiger partial charge on any atom is -0.354 e. The van der Waals surface area contributed by atoms with E-state index in [1.807, 2.05) is 12.1 Å². The number of amides is 1. The van der Waals surface area contributed by atoms with Crippen LogP contribution in [0.5, 0.6) is 0 Å². The number of aromatic nitrogens is 4. The zero-order valence-corrected chi connectivity index (χ0v) is 16.1. The van der Waals surface area contributed by atoms with E-state index in [2.05, 4.69) is 20.4 Å². The summed E-state index contributed by atoms with van der Waals surface area (Å²) in [4.78, 5) is 45.5. The molecule has 3 heterocycles. The van der Waals surface area contributed by atoms with E-state index in [1.165, 1.54) is 10.7 Å². The van der Waals surface area contributed by atoms with Crippen LogP contribution in [-0.2, 0) is 4.79 Å². The lowest BCUT2D eigenvalue weighted by Gasteiger charge is -2.17. The maximum Gasteiger partial charge on any atom is 0.275 e. The number of fused-ring (bicyclic) bond motifs is 1. The van der Waals surface area contributed by atoms with E-state index < -0.39 is 6.04 Å². The minimum atomic E-state index is -0.518. The molecule has 1 atom stereocenters. The molecule has 0 saturated carbocycles. The number of hydrogen-bond acceptors (Lipinski definition) is 6. The Morgan fingerprint density at radius 1 is 1.24 bits per heavy atom. The van der Waals surface area contributed by atoms with Crippen molar-refractivity contribution in [1.82, 2.24) is 24.6 Å². The number of carbonyl (C=O) groups is 1. The van der Waals surface area contributed by atoms with Crippen LogP contribution in [0.25, 0.3) is 10.8 Å². The van der Waals surface area contributed by atoms with Gasteiger partial charge in [0.05, 0.1) is 23.3 Å². The smallest absolute Gasteiger partial charge is 0.275 e. The van der Waals surface area contributed by atoms with Gasteiger partial charge in [0.2, 0.25) is 11.9 Å². The van der Waals surface area contributed by atoms with E-state index in [1.54, 1.807) is 30.2 Å². The van der Waals surface area contributed by atoms with Gasteiger partial charge in [0.25, 0.3) is 11.1 Å². The molecule has 1 amide bonds. The lowest BCUT2D eigenvalue weighted by atomic mass is 10.2. The van der Waals surface area contributed by atoms with E-state index in [0.29, 0.717) is 36.5 Å². The summed E-state index contributed by atoms with van der Waals surface area (Å²) in [5.41, 5.74) is -0.131. The predicted molar refractivity (Wildman–Crippen MR) is 109 cm³/mol.